The third-order valence-electron chi connectivity index (χ3n) is 4.79. The molecule has 1 aromatic rings. The largest absolute Gasteiger partial charge is 0.393 e. The van der Waals surface area contributed by atoms with E-state index >= 15 is 0 Å². The van der Waals surface area contributed by atoms with Gasteiger partial charge in [-0.15, -0.1) is 0 Å². The summed E-state index contributed by atoms with van der Waals surface area (Å²) in [6.45, 7) is 2.11. The molecule has 1 unspecified atom stereocenters. The van der Waals surface area contributed by atoms with Crippen LogP contribution in [0.2, 0.25) is 0 Å². The first kappa shape index (κ1) is 14.2. The summed E-state index contributed by atoms with van der Waals surface area (Å²) in [5.41, 5.74) is 6.56. The molecule has 2 aliphatic carbocycles. The molecular formula is C15H23N5O. The fraction of sp³-hybridized carbons (Fsp3) is 0.733. The Morgan fingerprint density at radius 3 is 2.57 bits per heavy atom. The van der Waals surface area contributed by atoms with E-state index in [0.717, 1.165) is 25.7 Å². The van der Waals surface area contributed by atoms with Crippen LogP contribution < -0.4 is 11.1 Å². The average molecular weight is 289 g/mol. The number of rotatable bonds is 4. The van der Waals surface area contributed by atoms with Crippen molar-refractivity contribution in [2.45, 2.75) is 63.6 Å². The number of aliphatic hydroxyl groups is 1. The molecule has 0 aromatic carbocycles. The Kier molecular flexibility index (Phi) is 3.77. The van der Waals surface area contributed by atoms with Gasteiger partial charge in [0.15, 0.2) is 5.82 Å². The molecular weight excluding hydrogens is 266 g/mol. The van der Waals surface area contributed by atoms with Crippen LogP contribution in [-0.2, 0) is 0 Å². The monoisotopic (exact) mass is 289 g/mol. The van der Waals surface area contributed by atoms with E-state index in [0.29, 0.717) is 23.1 Å². The quantitative estimate of drug-likeness (QED) is 0.787. The van der Waals surface area contributed by atoms with E-state index in [1.165, 1.54) is 12.8 Å². The standard InChI is InChI=1S/C15H23N5O/c1-9(10-2-3-10)20-14(17)13(8-16)15(19-20)18-11-4-6-12(21)7-5-11/h9-12,21H,2-7,17H2,1H3,(H,18,19). The van der Waals surface area contributed by atoms with Crippen molar-refractivity contribution >= 4 is 11.6 Å². The topological polar surface area (TPSA) is 99.9 Å². The van der Waals surface area contributed by atoms with Gasteiger partial charge < -0.3 is 16.2 Å². The maximum Gasteiger partial charge on any atom is 0.168 e. The fourth-order valence-electron chi connectivity index (χ4n) is 3.16. The Morgan fingerprint density at radius 2 is 2.00 bits per heavy atom. The molecule has 1 aromatic heterocycles. The molecule has 0 bridgehead atoms. The van der Waals surface area contributed by atoms with Gasteiger partial charge in [-0.3, -0.25) is 0 Å². The maximum absolute atomic E-state index is 9.56. The van der Waals surface area contributed by atoms with Gasteiger partial charge in [0.05, 0.1) is 12.1 Å². The third-order valence-corrected chi connectivity index (χ3v) is 4.79. The third kappa shape index (κ3) is 2.84. The average Bonchev–Trinajstić information content (AvgIpc) is 3.27. The number of aromatic nitrogens is 2. The van der Waals surface area contributed by atoms with Gasteiger partial charge in [0.1, 0.15) is 17.5 Å². The van der Waals surface area contributed by atoms with E-state index in [2.05, 4.69) is 23.4 Å². The number of nitrogens with zero attached hydrogens (tertiary/aromatic N) is 3. The van der Waals surface area contributed by atoms with Crippen molar-refractivity contribution < 1.29 is 5.11 Å². The summed E-state index contributed by atoms with van der Waals surface area (Å²) in [7, 11) is 0. The number of aliphatic hydroxyl groups excluding tert-OH is 1. The van der Waals surface area contributed by atoms with Crippen molar-refractivity contribution in [3.05, 3.63) is 5.56 Å². The van der Waals surface area contributed by atoms with E-state index in [4.69, 9.17) is 5.73 Å². The predicted molar refractivity (Wildman–Crippen MR) is 80.7 cm³/mol. The SMILES string of the molecule is CC(C1CC1)n1nc(NC2CCC(O)CC2)c(C#N)c1N. The van der Waals surface area contributed by atoms with Crippen molar-refractivity contribution in [2.75, 3.05) is 11.1 Å². The molecule has 1 heterocycles. The molecule has 3 rings (SSSR count). The normalized spacial score (nSPS) is 27.1. The minimum atomic E-state index is -0.184. The van der Waals surface area contributed by atoms with Gasteiger partial charge in [-0.1, -0.05) is 0 Å². The Bertz CT molecular complexity index is 549. The summed E-state index contributed by atoms with van der Waals surface area (Å²) in [4.78, 5) is 0. The van der Waals surface area contributed by atoms with Crippen LogP contribution in [-0.4, -0.2) is 27.0 Å². The van der Waals surface area contributed by atoms with E-state index in [-0.39, 0.29) is 18.2 Å². The van der Waals surface area contributed by atoms with Crippen LogP contribution in [0.1, 0.15) is 57.1 Å². The Balaban J connectivity index is 1.78. The van der Waals surface area contributed by atoms with E-state index in [9.17, 15) is 10.4 Å². The number of nitrogen functional groups attached to an aromatic ring is 1. The summed E-state index contributed by atoms with van der Waals surface area (Å²) in [6, 6.07) is 2.69. The first-order valence-electron chi connectivity index (χ1n) is 7.82. The highest BCUT2D eigenvalue weighted by Crippen LogP contribution is 2.41. The molecule has 0 radical (unpaired) electrons. The lowest BCUT2D eigenvalue weighted by Crippen LogP contribution is -2.28. The molecule has 2 aliphatic rings. The van der Waals surface area contributed by atoms with Gasteiger partial charge in [-0.2, -0.15) is 10.4 Å². The van der Waals surface area contributed by atoms with E-state index in [1.54, 1.807) is 4.68 Å². The second kappa shape index (κ2) is 5.57. The minimum Gasteiger partial charge on any atom is -0.393 e. The lowest BCUT2D eigenvalue weighted by Gasteiger charge is -2.26. The molecule has 114 valence electrons. The molecule has 21 heavy (non-hydrogen) atoms. The number of nitrogens with two attached hydrogens (primary N) is 1. The molecule has 6 nitrogen and oxygen atoms in total. The fourth-order valence-corrected chi connectivity index (χ4v) is 3.16. The summed E-state index contributed by atoms with van der Waals surface area (Å²) in [5, 5.41) is 26.8. The molecule has 1 atom stereocenters. The van der Waals surface area contributed by atoms with Crippen molar-refractivity contribution in [3.8, 4) is 6.07 Å². The number of nitriles is 1. The van der Waals surface area contributed by atoms with Crippen LogP contribution >= 0.6 is 0 Å². The molecule has 0 aliphatic heterocycles. The van der Waals surface area contributed by atoms with Crippen LogP contribution in [0.15, 0.2) is 0 Å². The molecule has 0 spiro atoms. The highest BCUT2D eigenvalue weighted by Gasteiger charge is 2.32. The lowest BCUT2D eigenvalue weighted by atomic mass is 9.93. The van der Waals surface area contributed by atoms with Crippen molar-refractivity contribution in [3.63, 3.8) is 0 Å². The summed E-state index contributed by atoms with van der Waals surface area (Å²) in [5.74, 6) is 1.70. The smallest absolute Gasteiger partial charge is 0.168 e. The number of nitrogens with one attached hydrogen (secondary N) is 1. The lowest BCUT2D eigenvalue weighted by molar-refractivity contribution is 0.126. The van der Waals surface area contributed by atoms with Gasteiger partial charge in [-0.05, 0) is 51.4 Å². The zero-order valence-electron chi connectivity index (χ0n) is 12.4. The maximum atomic E-state index is 9.56. The van der Waals surface area contributed by atoms with Crippen molar-refractivity contribution in [1.82, 2.24) is 9.78 Å². The Hall–Kier alpha value is -1.74. The summed E-state index contributed by atoms with van der Waals surface area (Å²) in [6.07, 6.45) is 5.64. The molecule has 2 fully saturated rings. The van der Waals surface area contributed by atoms with Crippen LogP contribution in [0.5, 0.6) is 0 Å². The zero-order valence-corrected chi connectivity index (χ0v) is 12.4. The number of hydrogen-bond donors (Lipinski definition) is 3. The van der Waals surface area contributed by atoms with Crippen molar-refractivity contribution in [2.24, 2.45) is 5.92 Å². The number of hydrogen-bond acceptors (Lipinski definition) is 5. The number of anilines is 2. The van der Waals surface area contributed by atoms with Crippen LogP contribution in [0.4, 0.5) is 11.6 Å². The summed E-state index contributed by atoms with van der Waals surface area (Å²) >= 11 is 0. The molecule has 0 saturated heterocycles. The molecule has 2 saturated carbocycles. The summed E-state index contributed by atoms with van der Waals surface area (Å²) < 4.78 is 1.80. The van der Waals surface area contributed by atoms with Crippen molar-refractivity contribution in [1.29, 1.82) is 5.26 Å². The highest BCUT2D eigenvalue weighted by atomic mass is 16.3. The Labute approximate surface area is 124 Å². The van der Waals surface area contributed by atoms with Crippen LogP contribution in [0.25, 0.3) is 0 Å². The Morgan fingerprint density at radius 1 is 1.33 bits per heavy atom. The van der Waals surface area contributed by atoms with Crippen LogP contribution in [0, 0.1) is 17.2 Å². The van der Waals surface area contributed by atoms with E-state index in [1.807, 2.05) is 0 Å². The molecule has 0 amide bonds. The second-order valence-corrected chi connectivity index (χ2v) is 6.39. The zero-order chi connectivity index (χ0) is 15.0. The minimum absolute atomic E-state index is 0.184. The van der Waals surface area contributed by atoms with Gasteiger partial charge in [0.2, 0.25) is 0 Å². The van der Waals surface area contributed by atoms with Gasteiger partial charge in [-0.25, -0.2) is 4.68 Å². The first-order valence-corrected chi connectivity index (χ1v) is 7.82. The molecule has 4 N–H and O–H groups in total. The van der Waals surface area contributed by atoms with Gasteiger partial charge in [0.25, 0.3) is 0 Å². The second-order valence-electron chi connectivity index (χ2n) is 6.39. The molecule has 6 heteroatoms. The van der Waals surface area contributed by atoms with E-state index < -0.39 is 0 Å². The van der Waals surface area contributed by atoms with Crippen LogP contribution in [0.3, 0.4) is 0 Å². The van der Waals surface area contributed by atoms with Gasteiger partial charge in [0, 0.05) is 6.04 Å². The van der Waals surface area contributed by atoms with Gasteiger partial charge >= 0.3 is 0 Å². The predicted octanol–water partition coefficient (Wildman–Crippen LogP) is 2.02. The highest BCUT2D eigenvalue weighted by molar-refractivity contribution is 5.64. The first-order chi connectivity index (χ1) is 10.1.